The van der Waals surface area contributed by atoms with Crippen molar-refractivity contribution in [3.8, 4) is 0 Å². The Morgan fingerprint density at radius 2 is 1.94 bits per heavy atom. The van der Waals surface area contributed by atoms with Gasteiger partial charge in [0.1, 0.15) is 10.8 Å². The van der Waals surface area contributed by atoms with Crippen LogP contribution in [0.2, 0.25) is 0 Å². The summed E-state index contributed by atoms with van der Waals surface area (Å²) < 4.78 is 83.4. The highest BCUT2D eigenvalue weighted by Crippen LogP contribution is 2.33. The molecule has 1 atom stereocenters. The first-order valence-corrected chi connectivity index (χ1v) is 10.0. The second-order valence-electron chi connectivity index (χ2n) is 6.72. The average molecular weight is 481 g/mol. The second kappa shape index (κ2) is 9.50. The van der Waals surface area contributed by atoms with E-state index in [0.29, 0.717) is 17.3 Å². The molecule has 1 fully saturated rings. The molecule has 1 saturated heterocycles. The van der Waals surface area contributed by atoms with Gasteiger partial charge in [-0.3, -0.25) is 9.93 Å². The van der Waals surface area contributed by atoms with Crippen molar-refractivity contribution in [1.29, 1.82) is 0 Å². The number of anilines is 2. The van der Waals surface area contributed by atoms with E-state index in [1.54, 1.807) is 0 Å². The van der Waals surface area contributed by atoms with E-state index in [2.05, 4.69) is 15.3 Å². The Kier molecular flexibility index (Phi) is 7.15. The quantitative estimate of drug-likeness (QED) is 0.506. The Bertz CT molecular complexity index is 972. The predicted octanol–water partition coefficient (Wildman–Crippen LogP) is 3.87. The molecule has 7 nitrogen and oxygen atoms in total. The van der Waals surface area contributed by atoms with Crippen molar-refractivity contribution < 1.29 is 35.9 Å². The van der Waals surface area contributed by atoms with Gasteiger partial charge in [0.2, 0.25) is 0 Å². The molecule has 3 N–H and O–H groups in total. The van der Waals surface area contributed by atoms with Crippen LogP contribution in [0.1, 0.15) is 22.3 Å². The minimum atomic E-state index is -4.77. The van der Waals surface area contributed by atoms with Gasteiger partial charge in [-0.15, -0.1) is 0 Å². The fourth-order valence-electron chi connectivity index (χ4n) is 3.03. The molecule has 1 amide bonds. The third-order valence-corrected chi connectivity index (χ3v) is 5.02. The fourth-order valence-corrected chi connectivity index (χ4v) is 3.34. The molecule has 0 aliphatic carbocycles. The van der Waals surface area contributed by atoms with E-state index < -0.39 is 41.9 Å². The lowest BCUT2D eigenvalue weighted by atomic mass is 10.1. The topological polar surface area (TPSA) is 93.4 Å². The first kappa shape index (κ1) is 24.1. The van der Waals surface area contributed by atoms with Crippen LogP contribution in [0.4, 0.5) is 37.8 Å². The number of carbonyl (C=O) groups excluding carboxylic acids is 1. The fraction of sp³-hybridized carbons (Fsp3) is 0.389. The van der Waals surface area contributed by atoms with Crippen LogP contribution >= 0.6 is 11.9 Å². The maximum atomic E-state index is 13.2. The number of nitrogens with one attached hydrogen (secondary N) is 1. The van der Waals surface area contributed by atoms with Crippen LogP contribution in [0.15, 0.2) is 35.6 Å². The summed E-state index contributed by atoms with van der Waals surface area (Å²) in [6, 6.07) is 3.44. The first-order valence-electron chi connectivity index (χ1n) is 9.13. The van der Waals surface area contributed by atoms with Gasteiger partial charge in [-0.05, 0) is 30.1 Å². The number of pyridine rings is 2. The van der Waals surface area contributed by atoms with Crippen LogP contribution < -0.4 is 15.4 Å². The van der Waals surface area contributed by atoms with E-state index >= 15 is 0 Å². The highest BCUT2D eigenvalue weighted by Gasteiger charge is 2.42. The molecule has 1 unspecified atom stereocenters. The lowest BCUT2D eigenvalue weighted by Gasteiger charge is -2.24. The van der Waals surface area contributed by atoms with Crippen molar-refractivity contribution >= 4 is 29.4 Å². The van der Waals surface area contributed by atoms with E-state index in [1.807, 2.05) is 0 Å². The number of amides is 1. The Balaban J connectivity index is 1.93. The van der Waals surface area contributed by atoms with Crippen molar-refractivity contribution in [3.05, 3.63) is 41.7 Å². The molecule has 1 aliphatic heterocycles. The number of halogens is 6. The molecule has 1 aliphatic rings. The van der Waals surface area contributed by atoms with Crippen molar-refractivity contribution in [2.45, 2.75) is 29.9 Å². The number of rotatable bonds is 4. The maximum Gasteiger partial charge on any atom is 0.417 e. The van der Waals surface area contributed by atoms with Gasteiger partial charge in [-0.2, -0.15) is 26.3 Å². The van der Waals surface area contributed by atoms with Gasteiger partial charge < -0.3 is 15.0 Å². The van der Waals surface area contributed by atoms with Gasteiger partial charge in [0.15, 0.2) is 6.10 Å². The van der Waals surface area contributed by atoms with Crippen molar-refractivity contribution in [1.82, 2.24) is 9.97 Å². The van der Waals surface area contributed by atoms with Gasteiger partial charge in [0.05, 0.1) is 17.7 Å². The second-order valence-corrected chi connectivity index (χ2v) is 7.38. The van der Waals surface area contributed by atoms with Crippen LogP contribution in [0.3, 0.4) is 0 Å². The number of alkyl halides is 6. The maximum absolute atomic E-state index is 13.2. The average Bonchev–Trinajstić information content (AvgIpc) is 2.99. The first-order chi connectivity index (χ1) is 15.0. The summed E-state index contributed by atoms with van der Waals surface area (Å²) >= 11 is 0.804. The summed E-state index contributed by atoms with van der Waals surface area (Å²) in [6.07, 6.45) is -9.94. The number of hydrogen-bond acceptors (Lipinski definition) is 7. The monoisotopic (exact) mass is 481 g/mol. The molecular weight excluding hydrogens is 464 g/mol. The molecule has 3 heterocycles. The highest BCUT2D eigenvalue weighted by atomic mass is 32.2. The zero-order valence-corrected chi connectivity index (χ0v) is 17.0. The third-order valence-electron chi connectivity index (χ3n) is 4.56. The van der Waals surface area contributed by atoms with E-state index in [-0.39, 0.29) is 31.2 Å². The lowest BCUT2D eigenvalue weighted by molar-refractivity contribution is -0.218. The van der Waals surface area contributed by atoms with Gasteiger partial charge in [0, 0.05) is 37.6 Å². The van der Waals surface area contributed by atoms with Crippen LogP contribution in [-0.4, -0.2) is 47.9 Å². The van der Waals surface area contributed by atoms with Gasteiger partial charge in [-0.1, -0.05) is 0 Å². The molecule has 3 rings (SSSR count). The lowest BCUT2D eigenvalue weighted by Crippen LogP contribution is -2.33. The number of ether oxygens (including phenoxy) is 1. The largest absolute Gasteiger partial charge is 0.417 e. The summed E-state index contributed by atoms with van der Waals surface area (Å²) in [5.41, 5.74) is -1.39. The molecule has 0 aromatic carbocycles. The Hall–Kier alpha value is -2.58. The van der Waals surface area contributed by atoms with E-state index in [1.165, 1.54) is 23.2 Å². The number of carbonyl (C=O) groups is 1. The Labute approximate surface area is 182 Å². The molecule has 174 valence electrons. The standard InChI is InChI=1S/C18H17F6N5O2S/c19-17(20,21)10-7-12(16(30)28-11-1-3-26-14(8-11)32-25)15(27-9-10)29-4-2-13(18(22,23)24)31-6-5-29/h1,3,7-9,13H,2,4-6,25H2,(H,26,28,30). The number of nitrogens with two attached hydrogens (primary N) is 1. The molecule has 0 spiro atoms. The number of hydrogen-bond donors (Lipinski definition) is 2. The van der Waals surface area contributed by atoms with Crippen LogP contribution in [0.25, 0.3) is 0 Å². The van der Waals surface area contributed by atoms with Gasteiger partial charge in [-0.25, -0.2) is 9.97 Å². The van der Waals surface area contributed by atoms with E-state index in [9.17, 15) is 31.1 Å². The Morgan fingerprint density at radius 1 is 1.19 bits per heavy atom. The van der Waals surface area contributed by atoms with E-state index in [0.717, 1.165) is 11.9 Å². The summed E-state index contributed by atoms with van der Waals surface area (Å²) in [5.74, 6) is -1.10. The summed E-state index contributed by atoms with van der Waals surface area (Å²) in [5, 5.41) is 8.22. The normalized spacial score (nSPS) is 17.7. The van der Waals surface area contributed by atoms with Crippen molar-refractivity contribution in [2.75, 3.05) is 29.9 Å². The molecule has 32 heavy (non-hydrogen) atoms. The zero-order chi connectivity index (χ0) is 23.5. The minimum Gasteiger partial charge on any atom is -0.367 e. The number of aromatic nitrogens is 2. The van der Waals surface area contributed by atoms with Gasteiger partial charge >= 0.3 is 12.4 Å². The van der Waals surface area contributed by atoms with Crippen molar-refractivity contribution in [2.24, 2.45) is 5.14 Å². The van der Waals surface area contributed by atoms with E-state index in [4.69, 9.17) is 9.88 Å². The molecule has 0 saturated carbocycles. The highest BCUT2D eigenvalue weighted by molar-refractivity contribution is 7.97. The molecule has 0 radical (unpaired) electrons. The summed E-state index contributed by atoms with van der Waals surface area (Å²) in [4.78, 5) is 21.8. The van der Waals surface area contributed by atoms with Crippen LogP contribution in [0.5, 0.6) is 0 Å². The molecule has 0 bridgehead atoms. The predicted molar refractivity (Wildman–Crippen MR) is 104 cm³/mol. The van der Waals surface area contributed by atoms with Gasteiger partial charge in [0.25, 0.3) is 5.91 Å². The minimum absolute atomic E-state index is 0.0888. The smallest absolute Gasteiger partial charge is 0.367 e. The van der Waals surface area contributed by atoms with Crippen LogP contribution in [0, 0.1) is 0 Å². The molecule has 2 aromatic rings. The molecular formula is C18H17F6N5O2S. The molecule has 2 aromatic heterocycles. The summed E-state index contributed by atoms with van der Waals surface area (Å²) in [7, 11) is 0. The summed E-state index contributed by atoms with van der Waals surface area (Å²) in [6.45, 7) is -0.643. The Morgan fingerprint density at radius 3 is 2.59 bits per heavy atom. The van der Waals surface area contributed by atoms with Crippen molar-refractivity contribution in [3.63, 3.8) is 0 Å². The zero-order valence-electron chi connectivity index (χ0n) is 16.2. The number of nitrogens with zero attached hydrogens (tertiary/aromatic N) is 3. The van der Waals surface area contributed by atoms with Crippen LogP contribution in [-0.2, 0) is 10.9 Å². The third kappa shape index (κ3) is 5.81. The molecule has 14 heteroatoms. The SMILES string of the molecule is NSc1cc(NC(=O)c2cc(C(F)(F)F)cnc2N2CCOC(C(F)(F)F)CC2)ccn1.